The van der Waals surface area contributed by atoms with Crippen LogP contribution in [0, 0.1) is 13.8 Å². The van der Waals surface area contributed by atoms with E-state index in [0.29, 0.717) is 17.9 Å². The van der Waals surface area contributed by atoms with E-state index < -0.39 is 0 Å². The van der Waals surface area contributed by atoms with E-state index in [0.717, 1.165) is 43.3 Å². The molecule has 3 heterocycles. The second kappa shape index (κ2) is 7.00. The van der Waals surface area contributed by atoms with Crippen LogP contribution in [-0.2, 0) is 13.6 Å². The lowest BCUT2D eigenvalue weighted by Crippen LogP contribution is -2.39. The highest BCUT2D eigenvalue weighted by molar-refractivity contribution is 5.95. The van der Waals surface area contributed by atoms with Gasteiger partial charge < -0.3 is 18.8 Å². The van der Waals surface area contributed by atoms with Crippen LogP contribution in [-0.4, -0.2) is 57.7 Å². The molecule has 7 heteroatoms. The number of rotatable bonds is 4. The lowest BCUT2D eigenvalue weighted by molar-refractivity contribution is 0.0701. The zero-order valence-corrected chi connectivity index (χ0v) is 15.7. The van der Waals surface area contributed by atoms with Crippen molar-refractivity contribution >= 4 is 5.91 Å². The molecule has 1 fully saturated rings. The molecule has 1 atom stereocenters. The normalized spacial score (nSPS) is 18.2. The van der Waals surface area contributed by atoms with Crippen molar-refractivity contribution in [2.75, 3.05) is 27.2 Å². The number of carbonyl (C=O) groups excluding carboxylic acids is 1. The predicted molar refractivity (Wildman–Crippen MR) is 94.5 cm³/mol. The second-order valence-corrected chi connectivity index (χ2v) is 7.19. The van der Waals surface area contributed by atoms with E-state index in [-0.39, 0.29) is 11.8 Å². The average molecular weight is 345 g/mol. The summed E-state index contributed by atoms with van der Waals surface area (Å²) in [5, 5.41) is 8.74. The van der Waals surface area contributed by atoms with Gasteiger partial charge >= 0.3 is 0 Å². The molecule has 0 spiro atoms. The maximum atomic E-state index is 12.9. The summed E-state index contributed by atoms with van der Waals surface area (Å²) >= 11 is 0. The zero-order valence-electron chi connectivity index (χ0n) is 15.7. The largest absolute Gasteiger partial charge is 0.466 e. The fourth-order valence-corrected chi connectivity index (χ4v) is 3.54. The first-order valence-electron chi connectivity index (χ1n) is 8.76. The minimum atomic E-state index is 0.0507. The standard InChI is InChI=1S/C18H27N5O2/c1-12-9-15(13(2)25-12)18(24)23-8-6-7-14(10-23)17-20-19-16(22(17)5)11-21(3)4/h9,14H,6-8,10-11H2,1-5H3/t14-/m0/s1. The van der Waals surface area contributed by atoms with Crippen molar-refractivity contribution in [2.24, 2.45) is 7.05 Å². The smallest absolute Gasteiger partial charge is 0.257 e. The fourth-order valence-electron chi connectivity index (χ4n) is 3.54. The first-order valence-corrected chi connectivity index (χ1v) is 8.76. The first-order chi connectivity index (χ1) is 11.9. The molecule has 0 saturated carbocycles. The first kappa shape index (κ1) is 17.7. The van der Waals surface area contributed by atoms with Gasteiger partial charge in [-0.2, -0.15) is 0 Å². The summed E-state index contributed by atoms with van der Waals surface area (Å²) in [5.41, 5.74) is 0.671. The number of aryl methyl sites for hydroxylation is 2. The van der Waals surface area contributed by atoms with Gasteiger partial charge in [0.1, 0.15) is 23.2 Å². The van der Waals surface area contributed by atoms with Crippen molar-refractivity contribution in [3.05, 3.63) is 34.8 Å². The molecule has 0 bridgehead atoms. The molecule has 0 aromatic carbocycles. The van der Waals surface area contributed by atoms with Crippen LogP contribution in [0.1, 0.15) is 52.3 Å². The molecule has 0 aliphatic carbocycles. The molecule has 1 saturated heterocycles. The van der Waals surface area contributed by atoms with E-state index in [1.165, 1.54) is 0 Å². The quantitative estimate of drug-likeness (QED) is 0.849. The Morgan fingerprint density at radius 1 is 1.36 bits per heavy atom. The Morgan fingerprint density at radius 3 is 2.76 bits per heavy atom. The monoisotopic (exact) mass is 345 g/mol. The molecular weight excluding hydrogens is 318 g/mol. The summed E-state index contributed by atoms with van der Waals surface area (Å²) in [5.74, 6) is 3.65. The van der Waals surface area contributed by atoms with Crippen molar-refractivity contribution < 1.29 is 9.21 Å². The summed E-state index contributed by atoms with van der Waals surface area (Å²) in [4.78, 5) is 16.9. The third-order valence-corrected chi connectivity index (χ3v) is 4.80. The summed E-state index contributed by atoms with van der Waals surface area (Å²) in [7, 11) is 6.05. The van der Waals surface area contributed by atoms with Gasteiger partial charge in [-0.1, -0.05) is 0 Å². The third-order valence-electron chi connectivity index (χ3n) is 4.80. The summed E-state index contributed by atoms with van der Waals surface area (Å²) in [6, 6.07) is 1.83. The maximum Gasteiger partial charge on any atom is 0.257 e. The lowest BCUT2D eigenvalue weighted by atomic mass is 9.96. The maximum absolute atomic E-state index is 12.9. The lowest BCUT2D eigenvalue weighted by Gasteiger charge is -2.32. The van der Waals surface area contributed by atoms with E-state index in [9.17, 15) is 4.79 Å². The van der Waals surface area contributed by atoms with Gasteiger partial charge in [0.15, 0.2) is 0 Å². The van der Waals surface area contributed by atoms with Gasteiger partial charge in [0.25, 0.3) is 5.91 Å². The SMILES string of the molecule is Cc1cc(C(=O)N2CCC[C@H](c3nnc(CN(C)C)n3C)C2)c(C)o1. The van der Waals surface area contributed by atoms with Crippen molar-refractivity contribution in [3.8, 4) is 0 Å². The number of piperidine rings is 1. The zero-order chi connectivity index (χ0) is 18.1. The van der Waals surface area contributed by atoms with Gasteiger partial charge in [-0.05, 0) is 46.9 Å². The molecule has 7 nitrogen and oxygen atoms in total. The number of hydrogen-bond acceptors (Lipinski definition) is 5. The molecule has 136 valence electrons. The second-order valence-electron chi connectivity index (χ2n) is 7.19. The predicted octanol–water partition coefficient (Wildman–Crippen LogP) is 2.11. The van der Waals surface area contributed by atoms with E-state index in [1.54, 1.807) is 0 Å². The molecular formula is C18H27N5O2. The number of carbonyl (C=O) groups is 1. The van der Waals surface area contributed by atoms with E-state index in [1.807, 2.05) is 46.0 Å². The van der Waals surface area contributed by atoms with E-state index in [2.05, 4.69) is 19.7 Å². The number of nitrogens with zero attached hydrogens (tertiary/aromatic N) is 5. The number of furan rings is 1. The van der Waals surface area contributed by atoms with Crippen LogP contribution in [0.3, 0.4) is 0 Å². The highest BCUT2D eigenvalue weighted by atomic mass is 16.3. The summed E-state index contributed by atoms with van der Waals surface area (Å²) in [6.45, 7) is 5.93. The van der Waals surface area contributed by atoms with E-state index >= 15 is 0 Å². The van der Waals surface area contributed by atoms with E-state index in [4.69, 9.17) is 4.42 Å². The molecule has 1 amide bonds. The van der Waals surface area contributed by atoms with Crippen LogP contribution in [0.2, 0.25) is 0 Å². The number of aromatic nitrogens is 3. The highest BCUT2D eigenvalue weighted by Gasteiger charge is 2.30. The molecule has 0 unspecified atom stereocenters. The van der Waals surface area contributed by atoms with Crippen LogP contribution in [0.4, 0.5) is 0 Å². The van der Waals surface area contributed by atoms with Gasteiger partial charge in [0.05, 0.1) is 12.1 Å². The average Bonchev–Trinajstić information content (AvgIpc) is 3.09. The molecule has 2 aromatic rings. The topological polar surface area (TPSA) is 67.4 Å². The van der Waals surface area contributed by atoms with Crippen LogP contribution >= 0.6 is 0 Å². The highest BCUT2D eigenvalue weighted by Crippen LogP contribution is 2.27. The Hall–Kier alpha value is -2.15. The summed E-state index contributed by atoms with van der Waals surface area (Å²) in [6.07, 6.45) is 2.00. The Kier molecular flexibility index (Phi) is 4.94. The van der Waals surface area contributed by atoms with Gasteiger partial charge in [0, 0.05) is 26.1 Å². The van der Waals surface area contributed by atoms with Gasteiger partial charge in [-0.15, -0.1) is 10.2 Å². The Balaban J connectivity index is 1.76. The van der Waals surface area contributed by atoms with Gasteiger partial charge in [-0.3, -0.25) is 4.79 Å². The molecule has 1 aliphatic heterocycles. The number of likely N-dealkylation sites (tertiary alicyclic amines) is 1. The minimum Gasteiger partial charge on any atom is -0.466 e. The van der Waals surface area contributed by atoms with Crippen LogP contribution in [0.15, 0.2) is 10.5 Å². The van der Waals surface area contributed by atoms with Gasteiger partial charge in [-0.25, -0.2) is 0 Å². The molecule has 0 N–H and O–H groups in total. The minimum absolute atomic E-state index is 0.0507. The fraction of sp³-hybridized carbons (Fsp3) is 0.611. The molecule has 25 heavy (non-hydrogen) atoms. The molecule has 3 rings (SSSR count). The third kappa shape index (κ3) is 3.61. The number of amides is 1. The Morgan fingerprint density at radius 2 is 2.12 bits per heavy atom. The van der Waals surface area contributed by atoms with Crippen molar-refractivity contribution in [1.29, 1.82) is 0 Å². The number of hydrogen-bond donors (Lipinski definition) is 0. The molecule has 0 radical (unpaired) electrons. The van der Waals surface area contributed by atoms with Crippen molar-refractivity contribution in [1.82, 2.24) is 24.6 Å². The van der Waals surface area contributed by atoms with Crippen LogP contribution in [0.5, 0.6) is 0 Å². The molecule has 1 aliphatic rings. The summed E-state index contributed by atoms with van der Waals surface area (Å²) < 4.78 is 7.59. The van der Waals surface area contributed by atoms with Crippen molar-refractivity contribution in [2.45, 2.75) is 39.2 Å². The molecule has 2 aromatic heterocycles. The van der Waals surface area contributed by atoms with Crippen LogP contribution in [0.25, 0.3) is 0 Å². The Labute approximate surface area is 148 Å². The van der Waals surface area contributed by atoms with Crippen molar-refractivity contribution in [3.63, 3.8) is 0 Å². The van der Waals surface area contributed by atoms with Crippen LogP contribution < -0.4 is 0 Å². The Bertz CT molecular complexity index is 762. The van der Waals surface area contributed by atoms with Gasteiger partial charge in [0.2, 0.25) is 0 Å².